The summed E-state index contributed by atoms with van der Waals surface area (Å²) in [6, 6.07) is 6.96. The SMILES string of the molecule is CC[C@@]1(O)C(=O)OC(OC(C)=O)c2c1cc1n(c2=O)Cc2cc3c(O)c(CN(C)C)ccc3nc2-1. The molecule has 0 saturated carbocycles. The van der Waals surface area contributed by atoms with Crippen LogP contribution < -0.4 is 5.56 Å². The summed E-state index contributed by atoms with van der Waals surface area (Å²) in [4.78, 5) is 44.5. The number of fused-ring (bicyclic) bond motifs is 5. The number of hydrogen-bond acceptors (Lipinski definition) is 9. The van der Waals surface area contributed by atoms with E-state index in [9.17, 15) is 24.6 Å². The summed E-state index contributed by atoms with van der Waals surface area (Å²) in [5.74, 6) is -1.60. The number of esters is 2. The van der Waals surface area contributed by atoms with Crippen molar-refractivity contribution in [1.29, 1.82) is 0 Å². The lowest BCUT2D eigenvalue weighted by molar-refractivity contribution is -0.210. The Balaban J connectivity index is 1.72. The standard InChI is InChI=1S/C25H25N3O7/c1-5-25(33)16-9-18-20-14(8-15-17(26-20)7-6-13(21(15)30)10-27(3)4)11-28(18)22(31)19(16)23(34-12(2)29)35-24(25)32/h6-9,23,30,33H,5,10-11H2,1-4H3/t23?,25-/m0/s1. The molecule has 2 aromatic heterocycles. The molecule has 1 unspecified atom stereocenters. The number of phenols is 1. The van der Waals surface area contributed by atoms with Crippen LogP contribution in [0.3, 0.4) is 0 Å². The lowest BCUT2D eigenvalue weighted by Crippen LogP contribution is -2.46. The number of aromatic nitrogens is 2. The van der Waals surface area contributed by atoms with Gasteiger partial charge in [-0.2, -0.15) is 0 Å². The summed E-state index contributed by atoms with van der Waals surface area (Å²) >= 11 is 0. The second-order valence-electron chi connectivity index (χ2n) is 9.18. The molecule has 0 amide bonds. The summed E-state index contributed by atoms with van der Waals surface area (Å²) in [6.07, 6.45) is -1.60. The van der Waals surface area contributed by atoms with Crippen molar-refractivity contribution in [2.45, 2.75) is 45.2 Å². The monoisotopic (exact) mass is 479 g/mol. The fourth-order valence-corrected chi connectivity index (χ4v) is 4.82. The minimum absolute atomic E-state index is 0.0395. The third-order valence-corrected chi connectivity index (χ3v) is 6.55. The van der Waals surface area contributed by atoms with Gasteiger partial charge >= 0.3 is 11.9 Å². The van der Waals surface area contributed by atoms with Gasteiger partial charge < -0.3 is 29.2 Å². The lowest BCUT2D eigenvalue weighted by atomic mass is 9.85. The molecule has 1 aromatic carbocycles. The zero-order valence-electron chi connectivity index (χ0n) is 19.8. The third kappa shape index (κ3) is 3.40. The average Bonchev–Trinajstić information content (AvgIpc) is 3.15. The molecular formula is C25H25N3O7. The van der Waals surface area contributed by atoms with Crippen molar-refractivity contribution in [3.63, 3.8) is 0 Å². The molecule has 0 bridgehead atoms. The molecule has 10 nitrogen and oxygen atoms in total. The quantitative estimate of drug-likeness (QED) is 0.421. The molecule has 182 valence electrons. The number of benzene rings is 1. The Morgan fingerprint density at radius 3 is 2.71 bits per heavy atom. The van der Waals surface area contributed by atoms with Crippen LogP contribution in [0.2, 0.25) is 0 Å². The van der Waals surface area contributed by atoms with Crippen molar-refractivity contribution in [3.05, 3.63) is 56.9 Å². The summed E-state index contributed by atoms with van der Waals surface area (Å²) < 4.78 is 11.7. The molecule has 5 rings (SSSR count). The van der Waals surface area contributed by atoms with Crippen LogP contribution in [-0.2, 0) is 37.8 Å². The Morgan fingerprint density at radius 1 is 1.31 bits per heavy atom. The second kappa shape index (κ2) is 7.89. The van der Waals surface area contributed by atoms with Gasteiger partial charge in [0.05, 0.1) is 23.4 Å². The smallest absolute Gasteiger partial charge is 0.346 e. The Labute approximate surface area is 200 Å². The van der Waals surface area contributed by atoms with E-state index in [0.29, 0.717) is 34.4 Å². The summed E-state index contributed by atoms with van der Waals surface area (Å²) in [5.41, 5.74) is 0.252. The van der Waals surface area contributed by atoms with Crippen LogP contribution in [0.4, 0.5) is 0 Å². The number of carbonyl (C=O) groups is 2. The molecule has 2 N–H and O–H groups in total. The van der Waals surface area contributed by atoms with E-state index in [-0.39, 0.29) is 29.8 Å². The van der Waals surface area contributed by atoms with E-state index < -0.39 is 29.4 Å². The third-order valence-electron chi connectivity index (χ3n) is 6.55. The van der Waals surface area contributed by atoms with Gasteiger partial charge in [-0.25, -0.2) is 9.78 Å². The molecule has 2 atom stereocenters. The van der Waals surface area contributed by atoms with E-state index in [1.807, 2.05) is 31.1 Å². The number of nitrogens with zero attached hydrogens (tertiary/aromatic N) is 3. The number of cyclic esters (lactones) is 1. The van der Waals surface area contributed by atoms with Crippen LogP contribution in [-0.4, -0.2) is 50.7 Å². The van der Waals surface area contributed by atoms with Crippen molar-refractivity contribution in [2.24, 2.45) is 0 Å². The molecule has 35 heavy (non-hydrogen) atoms. The molecule has 0 fully saturated rings. The predicted molar refractivity (Wildman–Crippen MR) is 124 cm³/mol. The maximum Gasteiger partial charge on any atom is 0.346 e. The molecule has 2 aliphatic rings. The number of pyridine rings is 2. The number of aliphatic hydroxyl groups is 1. The lowest BCUT2D eigenvalue weighted by Gasteiger charge is -2.35. The maximum atomic E-state index is 13.6. The molecule has 2 aliphatic heterocycles. The first-order chi connectivity index (χ1) is 16.5. The number of phenolic OH excluding ortho intramolecular Hbond substituents is 1. The van der Waals surface area contributed by atoms with E-state index in [1.54, 1.807) is 19.1 Å². The van der Waals surface area contributed by atoms with E-state index in [1.165, 1.54) is 4.57 Å². The van der Waals surface area contributed by atoms with Crippen molar-refractivity contribution < 1.29 is 29.3 Å². The fraction of sp³-hybridized carbons (Fsp3) is 0.360. The van der Waals surface area contributed by atoms with Crippen molar-refractivity contribution in [1.82, 2.24) is 14.5 Å². The average molecular weight is 479 g/mol. The van der Waals surface area contributed by atoms with Gasteiger partial charge in [0.1, 0.15) is 11.3 Å². The molecule has 10 heteroatoms. The van der Waals surface area contributed by atoms with Crippen LogP contribution in [0.25, 0.3) is 22.3 Å². The fourth-order valence-electron chi connectivity index (χ4n) is 4.82. The Morgan fingerprint density at radius 2 is 2.06 bits per heavy atom. The maximum absolute atomic E-state index is 13.6. The Bertz CT molecular complexity index is 1480. The van der Waals surface area contributed by atoms with Crippen LogP contribution >= 0.6 is 0 Å². The van der Waals surface area contributed by atoms with E-state index in [4.69, 9.17) is 14.5 Å². The van der Waals surface area contributed by atoms with Crippen LogP contribution in [0.5, 0.6) is 5.75 Å². The Kier molecular flexibility index (Phi) is 5.19. The van der Waals surface area contributed by atoms with Gasteiger partial charge in [-0.15, -0.1) is 0 Å². The van der Waals surface area contributed by atoms with E-state index in [0.717, 1.165) is 12.5 Å². The molecule has 0 spiro atoms. The molecule has 0 radical (unpaired) electrons. The molecule has 0 aliphatic carbocycles. The summed E-state index contributed by atoms with van der Waals surface area (Å²) in [6.45, 7) is 3.44. The van der Waals surface area contributed by atoms with Crippen molar-refractivity contribution in [3.8, 4) is 17.1 Å². The first-order valence-electron chi connectivity index (χ1n) is 11.2. The van der Waals surface area contributed by atoms with Crippen LogP contribution in [0.1, 0.15) is 48.8 Å². The zero-order valence-corrected chi connectivity index (χ0v) is 19.8. The number of hydrogen-bond donors (Lipinski definition) is 2. The van der Waals surface area contributed by atoms with Crippen LogP contribution in [0, 0.1) is 0 Å². The molecular weight excluding hydrogens is 454 g/mol. The molecule has 3 aromatic rings. The summed E-state index contributed by atoms with van der Waals surface area (Å²) in [7, 11) is 3.81. The number of carbonyl (C=O) groups excluding carboxylic acids is 2. The van der Waals surface area contributed by atoms with Gasteiger partial charge in [0.15, 0.2) is 5.60 Å². The first kappa shape index (κ1) is 23.0. The largest absolute Gasteiger partial charge is 0.507 e. The van der Waals surface area contributed by atoms with Gasteiger partial charge in [-0.3, -0.25) is 9.59 Å². The van der Waals surface area contributed by atoms with Gasteiger partial charge in [-0.1, -0.05) is 13.0 Å². The first-order valence-corrected chi connectivity index (χ1v) is 11.2. The number of ether oxygens (including phenoxy) is 2. The van der Waals surface area contributed by atoms with E-state index >= 15 is 0 Å². The van der Waals surface area contributed by atoms with Gasteiger partial charge in [0.2, 0.25) is 0 Å². The highest BCUT2D eigenvalue weighted by molar-refractivity contribution is 5.90. The highest BCUT2D eigenvalue weighted by atomic mass is 16.7. The van der Waals surface area contributed by atoms with Crippen molar-refractivity contribution in [2.75, 3.05) is 14.1 Å². The molecule has 4 heterocycles. The number of aromatic hydroxyl groups is 1. The highest BCUT2D eigenvalue weighted by Gasteiger charge is 2.50. The zero-order chi connectivity index (χ0) is 25.2. The Hall–Kier alpha value is -3.76. The normalized spacial score (nSPS) is 20.4. The minimum Gasteiger partial charge on any atom is -0.507 e. The van der Waals surface area contributed by atoms with Crippen LogP contribution in [0.15, 0.2) is 29.1 Å². The second-order valence-corrected chi connectivity index (χ2v) is 9.18. The highest BCUT2D eigenvalue weighted by Crippen LogP contribution is 2.43. The summed E-state index contributed by atoms with van der Waals surface area (Å²) in [5, 5.41) is 22.6. The topological polar surface area (TPSA) is 131 Å². The van der Waals surface area contributed by atoms with Gasteiger partial charge in [-0.05, 0) is 38.7 Å². The van der Waals surface area contributed by atoms with Crippen molar-refractivity contribution >= 4 is 22.8 Å². The van der Waals surface area contributed by atoms with Gasteiger partial charge in [0, 0.05) is 35.5 Å². The predicted octanol–water partition coefficient (Wildman–Crippen LogP) is 1.91. The minimum atomic E-state index is -2.07. The van der Waals surface area contributed by atoms with E-state index in [2.05, 4.69) is 0 Å². The number of rotatable bonds is 4. The molecule has 0 saturated heterocycles. The van der Waals surface area contributed by atoms with Gasteiger partial charge in [0.25, 0.3) is 11.8 Å².